The van der Waals surface area contributed by atoms with Crippen molar-refractivity contribution in [2.45, 2.75) is 6.54 Å². The summed E-state index contributed by atoms with van der Waals surface area (Å²) in [5.74, 6) is 1.75. The second-order valence-electron chi connectivity index (χ2n) is 4.13. The van der Waals surface area contributed by atoms with Crippen molar-refractivity contribution in [3.05, 3.63) is 36.0 Å². The summed E-state index contributed by atoms with van der Waals surface area (Å²) in [4.78, 5) is 4.39. The maximum absolute atomic E-state index is 5.76. The van der Waals surface area contributed by atoms with Crippen LogP contribution in [0.2, 0.25) is 0 Å². The molecule has 2 aromatic rings. The molecule has 0 aliphatic heterocycles. The molecule has 1 aromatic heterocycles. The fraction of sp³-hybridized carbons (Fsp3) is 0.267. The molecule has 0 saturated carbocycles. The maximum Gasteiger partial charge on any atom is 0.203 e. The van der Waals surface area contributed by atoms with E-state index in [1.807, 2.05) is 24.3 Å². The number of hydrogen-bond donors (Lipinski definition) is 1. The van der Waals surface area contributed by atoms with Gasteiger partial charge in [-0.05, 0) is 23.8 Å². The fourth-order valence-electron chi connectivity index (χ4n) is 2.08. The van der Waals surface area contributed by atoms with E-state index in [1.165, 1.54) is 0 Å². The van der Waals surface area contributed by atoms with Crippen LogP contribution in [0.3, 0.4) is 0 Å². The largest absolute Gasteiger partial charge is 0.493 e. The summed E-state index contributed by atoms with van der Waals surface area (Å²) in [6.07, 6.45) is 1.73. The van der Waals surface area contributed by atoms with Gasteiger partial charge in [0.05, 0.1) is 27.0 Å². The van der Waals surface area contributed by atoms with Crippen LogP contribution in [0.25, 0.3) is 11.3 Å². The van der Waals surface area contributed by atoms with E-state index in [0.717, 1.165) is 16.8 Å². The van der Waals surface area contributed by atoms with Crippen molar-refractivity contribution in [2.24, 2.45) is 5.73 Å². The summed E-state index contributed by atoms with van der Waals surface area (Å²) in [6.45, 7) is 0.417. The van der Waals surface area contributed by atoms with Crippen molar-refractivity contribution < 1.29 is 14.2 Å². The monoisotopic (exact) mass is 274 g/mol. The first kappa shape index (κ1) is 14.1. The normalized spacial score (nSPS) is 10.2. The van der Waals surface area contributed by atoms with E-state index in [0.29, 0.717) is 23.8 Å². The van der Waals surface area contributed by atoms with Gasteiger partial charge < -0.3 is 19.9 Å². The highest BCUT2D eigenvalue weighted by molar-refractivity contribution is 5.70. The van der Waals surface area contributed by atoms with Crippen molar-refractivity contribution in [2.75, 3.05) is 21.3 Å². The lowest BCUT2D eigenvalue weighted by atomic mass is 10.0. The summed E-state index contributed by atoms with van der Waals surface area (Å²) in [5, 5.41) is 0. The van der Waals surface area contributed by atoms with Gasteiger partial charge in [0, 0.05) is 18.3 Å². The van der Waals surface area contributed by atoms with E-state index < -0.39 is 0 Å². The number of pyridine rings is 1. The zero-order valence-corrected chi connectivity index (χ0v) is 11.8. The van der Waals surface area contributed by atoms with E-state index in [-0.39, 0.29) is 0 Å². The first-order chi connectivity index (χ1) is 9.74. The number of methoxy groups -OCH3 is 3. The van der Waals surface area contributed by atoms with Crippen LogP contribution in [0.15, 0.2) is 30.5 Å². The van der Waals surface area contributed by atoms with Gasteiger partial charge in [-0.3, -0.25) is 4.98 Å². The van der Waals surface area contributed by atoms with Crippen molar-refractivity contribution in [1.82, 2.24) is 4.98 Å². The molecule has 0 radical (unpaired) electrons. The smallest absolute Gasteiger partial charge is 0.203 e. The van der Waals surface area contributed by atoms with Crippen molar-refractivity contribution in [3.8, 4) is 28.5 Å². The summed E-state index contributed by atoms with van der Waals surface area (Å²) < 4.78 is 16.0. The van der Waals surface area contributed by atoms with Gasteiger partial charge in [0.2, 0.25) is 5.75 Å². The molecule has 5 nitrogen and oxygen atoms in total. The third-order valence-electron chi connectivity index (χ3n) is 3.05. The Morgan fingerprint density at radius 1 is 1.05 bits per heavy atom. The number of nitrogens with two attached hydrogens (primary N) is 1. The Bertz CT molecular complexity index is 574. The van der Waals surface area contributed by atoms with Gasteiger partial charge in [-0.15, -0.1) is 0 Å². The molecule has 0 spiro atoms. The highest BCUT2D eigenvalue weighted by atomic mass is 16.5. The summed E-state index contributed by atoms with van der Waals surface area (Å²) in [7, 11) is 4.75. The minimum absolute atomic E-state index is 0.417. The molecule has 0 bridgehead atoms. The summed E-state index contributed by atoms with van der Waals surface area (Å²) in [5.41, 5.74) is 8.41. The number of ether oxygens (including phenoxy) is 3. The van der Waals surface area contributed by atoms with E-state index >= 15 is 0 Å². The Morgan fingerprint density at radius 2 is 1.70 bits per heavy atom. The van der Waals surface area contributed by atoms with Gasteiger partial charge in [0.1, 0.15) is 0 Å². The standard InChI is InChI=1S/C15H18N2O3/c1-18-12-7-11(8-13(19-2)15(12)20-3)14-10(9-16)5-4-6-17-14/h4-8H,9,16H2,1-3H3. The zero-order chi connectivity index (χ0) is 14.5. The van der Waals surface area contributed by atoms with Crippen molar-refractivity contribution in [1.29, 1.82) is 0 Å². The lowest BCUT2D eigenvalue weighted by molar-refractivity contribution is 0.324. The number of benzene rings is 1. The maximum atomic E-state index is 5.76. The quantitative estimate of drug-likeness (QED) is 0.905. The van der Waals surface area contributed by atoms with Crippen LogP contribution in [0.1, 0.15) is 5.56 Å². The van der Waals surface area contributed by atoms with Gasteiger partial charge in [0.25, 0.3) is 0 Å². The molecule has 0 unspecified atom stereocenters. The van der Waals surface area contributed by atoms with Crippen molar-refractivity contribution >= 4 is 0 Å². The molecular formula is C15H18N2O3. The van der Waals surface area contributed by atoms with E-state index in [2.05, 4.69) is 4.98 Å². The highest BCUT2D eigenvalue weighted by Crippen LogP contribution is 2.41. The second kappa shape index (κ2) is 6.25. The molecule has 0 aliphatic carbocycles. The Hall–Kier alpha value is -2.27. The van der Waals surface area contributed by atoms with Crippen molar-refractivity contribution in [3.63, 3.8) is 0 Å². The molecule has 2 rings (SSSR count). The molecule has 20 heavy (non-hydrogen) atoms. The van der Waals surface area contributed by atoms with Gasteiger partial charge in [-0.2, -0.15) is 0 Å². The lowest BCUT2D eigenvalue weighted by Crippen LogP contribution is -2.01. The van der Waals surface area contributed by atoms with Crippen LogP contribution in [0, 0.1) is 0 Å². The third-order valence-corrected chi connectivity index (χ3v) is 3.05. The second-order valence-corrected chi connectivity index (χ2v) is 4.13. The summed E-state index contributed by atoms with van der Waals surface area (Å²) >= 11 is 0. The Morgan fingerprint density at radius 3 is 2.20 bits per heavy atom. The number of rotatable bonds is 5. The van der Waals surface area contributed by atoms with Gasteiger partial charge >= 0.3 is 0 Å². The molecule has 1 aromatic carbocycles. The summed E-state index contributed by atoms with van der Waals surface area (Å²) in [6, 6.07) is 7.54. The first-order valence-corrected chi connectivity index (χ1v) is 6.19. The van der Waals surface area contributed by atoms with E-state index in [4.69, 9.17) is 19.9 Å². The molecule has 0 amide bonds. The molecule has 5 heteroatoms. The molecule has 1 heterocycles. The zero-order valence-electron chi connectivity index (χ0n) is 11.8. The Balaban J connectivity index is 2.63. The molecule has 0 fully saturated rings. The Kier molecular flexibility index (Phi) is 4.42. The molecule has 106 valence electrons. The predicted molar refractivity (Wildman–Crippen MR) is 77.2 cm³/mol. The van der Waals surface area contributed by atoms with Crippen LogP contribution in [0.4, 0.5) is 0 Å². The fourth-order valence-corrected chi connectivity index (χ4v) is 2.08. The van der Waals surface area contributed by atoms with E-state index in [1.54, 1.807) is 27.5 Å². The Labute approximate surface area is 118 Å². The molecular weight excluding hydrogens is 256 g/mol. The van der Waals surface area contributed by atoms with Crippen LogP contribution in [0.5, 0.6) is 17.2 Å². The van der Waals surface area contributed by atoms with E-state index in [9.17, 15) is 0 Å². The lowest BCUT2D eigenvalue weighted by Gasteiger charge is -2.15. The SMILES string of the molecule is COc1cc(-c2ncccc2CN)cc(OC)c1OC. The molecule has 0 saturated heterocycles. The van der Waals surface area contributed by atoms with Crippen LogP contribution in [-0.2, 0) is 6.54 Å². The number of nitrogens with zero attached hydrogens (tertiary/aromatic N) is 1. The average molecular weight is 274 g/mol. The van der Waals surface area contributed by atoms with Crippen LogP contribution < -0.4 is 19.9 Å². The van der Waals surface area contributed by atoms with Gasteiger partial charge in [-0.25, -0.2) is 0 Å². The minimum Gasteiger partial charge on any atom is -0.493 e. The van der Waals surface area contributed by atoms with Crippen LogP contribution >= 0.6 is 0 Å². The highest BCUT2D eigenvalue weighted by Gasteiger charge is 2.15. The number of hydrogen-bond acceptors (Lipinski definition) is 5. The van der Waals surface area contributed by atoms with Crippen LogP contribution in [-0.4, -0.2) is 26.3 Å². The number of aromatic nitrogens is 1. The third kappa shape index (κ3) is 2.53. The molecule has 0 atom stereocenters. The van der Waals surface area contributed by atoms with Gasteiger partial charge in [-0.1, -0.05) is 6.07 Å². The minimum atomic E-state index is 0.417. The van der Waals surface area contributed by atoms with Gasteiger partial charge in [0.15, 0.2) is 11.5 Å². The topological polar surface area (TPSA) is 66.6 Å². The predicted octanol–water partition coefficient (Wildman–Crippen LogP) is 2.23. The molecule has 0 aliphatic rings. The first-order valence-electron chi connectivity index (χ1n) is 6.19. The molecule has 2 N–H and O–H groups in total. The average Bonchev–Trinajstić information content (AvgIpc) is 2.53.